The molecule has 3 aromatic carbocycles. The van der Waals surface area contributed by atoms with Crippen LogP contribution >= 0.6 is 0 Å². The molecule has 0 aliphatic heterocycles. The quantitative estimate of drug-likeness (QED) is 0.296. The fraction of sp³-hybridized carbons (Fsp3) is 0.0417. The highest BCUT2D eigenvalue weighted by molar-refractivity contribution is 5.90. The van der Waals surface area contributed by atoms with E-state index in [9.17, 15) is 13.9 Å². The van der Waals surface area contributed by atoms with E-state index in [4.69, 9.17) is 4.74 Å². The van der Waals surface area contributed by atoms with E-state index in [0.717, 1.165) is 12.1 Å². The molecular weight excluding hydrogens is 442 g/mol. The minimum atomic E-state index is -0.751. The van der Waals surface area contributed by atoms with E-state index in [1.165, 1.54) is 24.4 Å². The van der Waals surface area contributed by atoms with Crippen LogP contribution in [-0.4, -0.2) is 32.0 Å². The van der Waals surface area contributed by atoms with Crippen molar-refractivity contribution in [2.45, 2.75) is 0 Å². The monoisotopic (exact) mass is 460 g/mol. The van der Waals surface area contributed by atoms with Crippen LogP contribution in [0, 0.1) is 11.6 Å². The summed E-state index contributed by atoms with van der Waals surface area (Å²) in [5, 5.41) is 20.3. The number of benzene rings is 3. The molecule has 2 heterocycles. The predicted molar refractivity (Wildman–Crippen MR) is 124 cm³/mol. The lowest BCUT2D eigenvalue weighted by atomic mass is 10.2. The van der Waals surface area contributed by atoms with Crippen molar-refractivity contribution in [2.24, 2.45) is 0 Å². The molecular formula is C24H18F2N6O2. The smallest absolute Gasteiger partial charge is 0.229 e. The van der Waals surface area contributed by atoms with Gasteiger partial charge in [0.15, 0.2) is 11.5 Å². The maximum atomic E-state index is 14.3. The zero-order chi connectivity index (χ0) is 23.7. The Labute approximate surface area is 192 Å². The average Bonchev–Trinajstić information content (AvgIpc) is 3.20. The van der Waals surface area contributed by atoms with Crippen molar-refractivity contribution in [2.75, 3.05) is 17.7 Å². The minimum absolute atomic E-state index is 0.135. The third-order valence-corrected chi connectivity index (χ3v) is 5.07. The second-order valence-electron chi connectivity index (χ2n) is 7.28. The number of halogens is 2. The van der Waals surface area contributed by atoms with E-state index < -0.39 is 11.6 Å². The normalized spacial score (nSPS) is 10.9. The summed E-state index contributed by atoms with van der Waals surface area (Å²) >= 11 is 0. The maximum absolute atomic E-state index is 14.3. The van der Waals surface area contributed by atoms with Crippen molar-refractivity contribution in [3.05, 3.63) is 84.6 Å². The Bertz CT molecular complexity index is 1450. The van der Waals surface area contributed by atoms with Crippen molar-refractivity contribution in [1.82, 2.24) is 19.7 Å². The lowest BCUT2D eigenvalue weighted by Gasteiger charge is -2.07. The van der Waals surface area contributed by atoms with Crippen LogP contribution in [0.15, 0.2) is 72.9 Å². The van der Waals surface area contributed by atoms with Crippen molar-refractivity contribution in [3.8, 4) is 17.2 Å². The lowest BCUT2D eigenvalue weighted by Crippen LogP contribution is -2.01. The summed E-state index contributed by atoms with van der Waals surface area (Å²) in [7, 11) is 1.57. The summed E-state index contributed by atoms with van der Waals surface area (Å²) in [4.78, 5) is 8.90. The largest absolute Gasteiger partial charge is 0.508 e. The van der Waals surface area contributed by atoms with Gasteiger partial charge >= 0.3 is 0 Å². The van der Waals surface area contributed by atoms with E-state index in [2.05, 4.69) is 25.7 Å². The van der Waals surface area contributed by atoms with Gasteiger partial charge in [0.2, 0.25) is 5.95 Å². The fourth-order valence-electron chi connectivity index (χ4n) is 3.37. The molecule has 10 heteroatoms. The molecule has 2 aromatic heterocycles. The number of ether oxygens (including phenoxy) is 1. The zero-order valence-electron chi connectivity index (χ0n) is 17.8. The maximum Gasteiger partial charge on any atom is 0.229 e. The number of hydrogen-bond donors (Lipinski definition) is 3. The van der Waals surface area contributed by atoms with E-state index in [-0.39, 0.29) is 23.2 Å². The summed E-state index contributed by atoms with van der Waals surface area (Å²) < 4.78 is 35.3. The molecule has 0 aliphatic rings. The number of aromatic hydroxyl groups is 1. The van der Waals surface area contributed by atoms with Crippen LogP contribution in [0.25, 0.3) is 16.7 Å². The first-order valence-corrected chi connectivity index (χ1v) is 10.2. The SMILES string of the molecule is COc1ccc(-n2nc(Nc3c(F)cccc3F)c3cnc(Nc4ccc(O)cc4)nc32)cc1. The molecule has 0 aliphatic carbocycles. The van der Waals surface area contributed by atoms with Gasteiger partial charge in [-0.05, 0) is 60.7 Å². The number of phenolic OH excluding ortho intramolecular Hbond substituents is 1. The summed E-state index contributed by atoms with van der Waals surface area (Å²) in [6.07, 6.45) is 1.51. The average molecular weight is 460 g/mol. The van der Waals surface area contributed by atoms with Gasteiger partial charge in [0.1, 0.15) is 28.8 Å². The number of phenols is 1. The molecule has 5 aromatic rings. The highest BCUT2D eigenvalue weighted by Crippen LogP contribution is 2.30. The van der Waals surface area contributed by atoms with Gasteiger partial charge in [-0.1, -0.05) is 6.07 Å². The molecule has 0 atom stereocenters. The molecule has 0 bridgehead atoms. The first-order chi connectivity index (χ1) is 16.5. The topological polar surface area (TPSA) is 97.1 Å². The number of nitrogens with one attached hydrogen (secondary N) is 2. The van der Waals surface area contributed by atoms with Crippen LogP contribution in [0.1, 0.15) is 0 Å². The molecule has 0 saturated carbocycles. The molecule has 0 amide bonds. The van der Waals surface area contributed by atoms with Crippen LogP contribution in [0.3, 0.4) is 0 Å². The number of hydrogen-bond acceptors (Lipinski definition) is 7. The summed E-state index contributed by atoms with van der Waals surface area (Å²) in [5.41, 5.74) is 1.40. The van der Waals surface area contributed by atoms with Crippen molar-refractivity contribution < 1.29 is 18.6 Å². The Kier molecular flexibility index (Phi) is 5.38. The molecule has 0 saturated heterocycles. The van der Waals surface area contributed by atoms with E-state index in [1.54, 1.807) is 48.2 Å². The Balaban J connectivity index is 1.61. The van der Waals surface area contributed by atoms with Gasteiger partial charge in [-0.3, -0.25) is 0 Å². The van der Waals surface area contributed by atoms with Gasteiger partial charge in [0.05, 0.1) is 18.2 Å². The minimum Gasteiger partial charge on any atom is -0.508 e. The van der Waals surface area contributed by atoms with Crippen molar-refractivity contribution >= 4 is 34.2 Å². The number of anilines is 4. The van der Waals surface area contributed by atoms with Gasteiger partial charge in [-0.15, -0.1) is 5.10 Å². The highest BCUT2D eigenvalue weighted by atomic mass is 19.1. The van der Waals surface area contributed by atoms with Crippen molar-refractivity contribution in [3.63, 3.8) is 0 Å². The number of aromatic nitrogens is 4. The fourth-order valence-corrected chi connectivity index (χ4v) is 3.37. The molecule has 8 nitrogen and oxygen atoms in total. The van der Waals surface area contributed by atoms with Gasteiger partial charge < -0.3 is 20.5 Å². The van der Waals surface area contributed by atoms with Gasteiger partial charge in [-0.25, -0.2) is 18.4 Å². The van der Waals surface area contributed by atoms with Gasteiger partial charge in [0, 0.05) is 11.9 Å². The molecule has 0 radical (unpaired) electrons. The molecule has 34 heavy (non-hydrogen) atoms. The first-order valence-electron chi connectivity index (χ1n) is 10.2. The van der Waals surface area contributed by atoms with E-state index in [0.29, 0.717) is 28.2 Å². The second-order valence-corrected chi connectivity index (χ2v) is 7.28. The summed E-state index contributed by atoms with van der Waals surface area (Å²) in [6, 6.07) is 17.1. The van der Waals surface area contributed by atoms with Crippen molar-refractivity contribution in [1.29, 1.82) is 0 Å². The van der Waals surface area contributed by atoms with Gasteiger partial charge in [-0.2, -0.15) is 4.98 Å². The molecule has 0 spiro atoms. The number of fused-ring (bicyclic) bond motifs is 1. The van der Waals surface area contributed by atoms with Crippen LogP contribution in [0.2, 0.25) is 0 Å². The van der Waals surface area contributed by atoms with Crippen LogP contribution in [0.5, 0.6) is 11.5 Å². The Morgan fingerprint density at radius 2 is 1.62 bits per heavy atom. The second kappa shape index (κ2) is 8.66. The zero-order valence-corrected chi connectivity index (χ0v) is 17.8. The number of methoxy groups -OCH3 is 1. The summed E-state index contributed by atoms with van der Waals surface area (Å²) in [6.45, 7) is 0. The molecule has 0 unspecified atom stereocenters. The van der Waals surface area contributed by atoms with Crippen LogP contribution in [-0.2, 0) is 0 Å². The van der Waals surface area contributed by atoms with E-state index in [1.807, 2.05) is 0 Å². The third-order valence-electron chi connectivity index (χ3n) is 5.07. The standard InChI is InChI=1S/C24H18F2N6O2/c1-34-17-11-7-15(8-12-17)32-23-18(22(31-32)29-21-19(25)3-2-4-20(21)26)13-27-24(30-23)28-14-5-9-16(33)10-6-14/h2-13,33H,1H3,(H,29,31)(H,27,28,30). The highest BCUT2D eigenvalue weighted by Gasteiger charge is 2.18. The van der Waals surface area contributed by atoms with Gasteiger partial charge in [0.25, 0.3) is 0 Å². The third kappa shape index (κ3) is 4.04. The Morgan fingerprint density at radius 3 is 2.29 bits per heavy atom. The number of nitrogens with zero attached hydrogens (tertiary/aromatic N) is 4. The number of rotatable bonds is 6. The molecule has 5 rings (SSSR count). The molecule has 3 N–H and O–H groups in total. The van der Waals surface area contributed by atoms with E-state index >= 15 is 0 Å². The Hall–Kier alpha value is -4.73. The molecule has 170 valence electrons. The van der Waals surface area contributed by atoms with Crippen LogP contribution in [0.4, 0.5) is 31.9 Å². The predicted octanol–water partition coefficient (Wildman–Crippen LogP) is 5.30. The lowest BCUT2D eigenvalue weighted by molar-refractivity contribution is 0.414. The Morgan fingerprint density at radius 1 is 0.912 bits per heavy atom. The van der Waals surface area contributed by atoms with Crippen LogP contribution < -0.4 is 15.4 Å². The summed E-state index contributed by atoms with van der Waals surface area (Å²) in [5.74, 6) is -0.244. The number of para-hydroxylation sites is 1. The molecule has 0 fully saturated rings. The first kappa shape index (κ1) is 21.1.